The van der Waals surface area contributed by atoms with Gasteiger partial charge in [-0.15, -0.1) is 35.7 Å². The summed E-state index contributed by atoms with van der Waals surface area (Å²) in [5.41, 5.74) is 0.911. The number of guanidine groups is 1. The number of halogens is 2. The maximum absolute atomic E-state index is 13.3. The van der Waals surface area contributed by atoms with Gasteiger partial charge in [0.15, 0.2) is 5.96 Å². The summed E-state index contributed by atoms with van der Waals surface area (Å²) in [4.78, 5) is 5.55. The van der Waals surface area contributed by atoms with E-state index in [0.717, 1.165) is 23.0 Å². The van der Waals surface area contributed by atoms with Crippen LogP contribution in [0.4, 0.5) is 4.39 Å². The van der Waals surface area contributed by atoms with Crippen LogP contribution in [0.1, 0.15) is 26.3 Å². The van der Waals surface area contributed by atoms with Gasteiger partial charge in [-0.05, 0) is 50.8 Å². The molecule has 3 nitrogen and oxygen atoms in total. The first-order chi connectivity index (χ1) is 9.06. The van der Waals surface area contributed by atoms with Gasteiger partial charge in [0.1, 0.15) is 5.82 Å². The highest BCUT2D eigenvalue weighted by atomic mass is 127. The molecule has 0 saturated heterocycles. The van der Waals surface area contributed by atoms with Gasteiger partial charge in [-0.3, -0.25) is 0 Å². The van der Waals surface area contributed by atoms with Crippen molar-refractivity contribution in [2.75, 3.05) is 12.8 Å². The molecule has 2 N–H and O–H groups in total. The molecule has 0 atom stereocenters. The highest BCUT2D eigenvalue weighted by Gasteiger charge is 2.04. The number of rotatable bonds is 5. The topological polar surface area (TPSA) is 36.4 Å². The third-order valence-electron chi connectivity index (χ3n) is 2.42. The fourth-order valence-corrected chi connectivity index (χ4v) is 2.22. The summed E-state index contributed by atoms with van der Waals surface area (Å²) < 4.78 is 13.3. The molecule has 0 spiro atoms. The van der Waals surface area contributed by atoms with Crippen molar-refractivity contribution in [1.29, 1.82) is 0 Å². The minimum atomic E-state index is -0.218. The Morgan fingerprint density at radius 3 is 2.65 bits per heavy atom. The molecule has 1 rings (SSSR count). The Kier molecular flexibility index (Phi) is 10.0. The summed E-state index contributed by atoms with van der Waals surface area (Å²) in [5.74, 6) is 0.540. The van der Waals surface area contributed by atoms with Gasteiger partial charge < -0.3 is 10.6 Å². The molecular weight excluding hydrogens is 388 g/mol. The largest absolute Gasteiger partial charge is 0.357 e. The maximum Gasteiger partial charge on any atom is 0.191 e. The number of hydrogen-bond donors (Lipinski definition) is 2. The van der Waals surface area contributed by atoms with Crippen molar-refractivity contribution in [2.45, 2.75) is 38.3 Å². The van der Waals surface area contributed by atoms with Crippen molar-refractivity contribution >= 4 is 41.7 Å². The van der Waals surface area contributed by atoms with E-state index in [2.05, 4.69) is 29.5 Å². The first-order valence-electron chi connectivity index (χ1n) is 6.44. The van der Waals surface area contributed by atoms with Crippen LogP contribution >= 0.6 is 35.7 Å². The molecule has 0 aliphatic heterocycles. The quantitative estimate of drug-likeness (QED) is 0.336. The van der Waals surface area contributed by atoms with Crippen LogP contribution in [0, 0.1) is 5.82 Å². The van der Waals surface area contributed by atoms with E-state index in [4.69, 9.17) is 0 Å². The van der Waals surface area contributed by atoms with Gasteiger partial charge in [-0.25, -0.2) is 9.38 Å². The zero-order valence-corrected chi connectivity index (χ0v) is 15.5. The summed E-state index contributed by atoms with van der Waals surface area (Å²) >= 11 is 1.61. The number of nitrogens with one attached hydrogen (secondary N) is 2. The highest BCUT2D eigenvalue weighted by Crippen LogP contribution is 2.21. The third-order valence-corrected chi connectivity index (χ3v) is 3.26. The molecule has 114 valence electrons. The lowest BCUT2D eigenvalue weighted by Crippen LogP contribution is -2.41. The molecule has 0 saturated carbocycles. The van der Waals surface area contributed by atoms with Crippen molar-refractivity contribution in [1.82, 2.24) is 10.6 Å². The predicted molar refractivity (Wildman–Crippen MR) is 96.7 cm³/mol. The molecule has 0 radical (unpaired) electrons. The molecule has 0 aliphatic carbocycles. The smallest absolute Gasteiger partial charge is 0.191 e. The van der Waals surface area contributed by atoms with E-state index in [1.54, 1.807) is 23.9 Å². The Balaban J connectivity index is 0.00000361. The van der Waals surface area contributed by atoms with E-state index in [-0.39, 0.29) is 29.8 Å². The van der Waals surface area contributed by atoms with Crippen LogP contribution in [0.15, 0.2) is 28.1 Å². The fraction of sp³-hybridized carbons (Fsp3) is 0.500. The monoisotopic (exact) mass is 411 g/mol. The van der Waals surface area contributed by atoms with E-state index in [1.807, 2.05) is 13.2 Å². The molecule has 1 aromatic rings. The van der Waals surface area contributed by atoms with E-state index < -0.39 is 0 Å². The number of benzene rings is 1. The van der Waals surface area contributed by atoms with Crippen molar-refractivity contribution in [3.8, 4) is 0 Å². The summed E-state index contributed by atoms with van der Waals surface area (Å²) in [7, 11) is 0. The highest BCUT2D eigenvalue weighted by molar-refractivity contribution is 14.0. The van der Waals surface area contributed by atoms with Gasteiger partial charge in [0, 0.05) is 17.5 Å². The molecule has 20 heavy (non-hydrogen) atoms. The summed E-state index contributed by atoms with van der Waals surface area (Å²) in [5, 5.41) is 6.42. The van der Waals surface area contributed by atoms with Gasteiger partial charge in [0.05, 0.1) is 6.54 Å². The van der Waals surface area contributed by atoms with Crippen LogP contribution in [-0.2, 0) is 6.54 Å². The van der Waals surface area contributed by atoms with Gasteiger partial charge in [-0.1, -0.05) is 0 Å². The van der Waals surface area contributed by atoms with Crippen molar-refractivity contribution in [3.63, 3.8) is 0 Å². The Hall–Kier alpha value is -0.500. The minimum Gasteiger partial charge on any atom is -0.357 e. The minimum absolute atomic E-state index is 0. The SMILES string of the molecule is CCNC(=NCc1cc(F)ccc1SC)NC(C)C.I. The normalized spacial score (nSPS) is 11.2. The lowest BCUT2D eigenvalue weighted by molar-refractivity contribution is 0.623. The summed E-state index contributed by atoms with van der Waals surface area (Å²) in [6.45, 7) is 7.41. The van der Waals surface area contributed by atoms with Crippen LogP contribution < -0.4 is 10.6 Å². The first kappa shape index (κ1) is 19.5. The summed E-state index contributed by atoms with van der Waals surface area (Å²) in [6.07, 6.45) is 1.98. The first-order valence-corrected chi connectivity index (χ1v) is 7.66. The molecular formula is C14H23FIN3S. The van der Waals surface area contributed by atoms with E-state index in [9.17, 15) is 4.39 Å². The van der Waals surface area contributed by atoms with Crippen molar-refractivity contribution in [2.24, 2.45) is 4.99 Å². The fourth-order valence-electron chi connectivity index (χ4n) is 1.63. The van der Waals surface area contributed by atoms with Gasteiger partial charge in [0.25, 0.3) is 0 Å². The zero-order valence-electron chi connectivity index (χ0n) is 12.4. The molecule has 0 bridgehead atoms. The Labute approximate surface area is 142 Å². The van der Waals surface area contributed by atoms with Crippen LogP contribution in [-0.4, -0.2) is 24.8 Å². The average Bonchev–Trinajstić information content (AvgIpc) is 2.36. The second kappa shape index (κ2) is 10.3. The van der Waals surface area contributed by atoms with Gasteiger partial charge in [-0.2, -0.15) is 0 Å². The second-order valence-corrected chi connectivity index (χ2v) is 5.30. The molecule has 0 heterocycles. The Morgan fingerprint density at radius 2 is 2.10 bits per heavy atom. The number of hydrogen-bond acceptors (Lipinski definition) is 2. The van der Waals surface area contributed by atoms with Crippen molar-refractivity contribution < 1.29 is 4.39 Å². The number of thioether (sulfide) groups is 1. The molecule has 0 amide bonds. The molecule has 0 unspecified atom stereocenters. The third kappa shape index (κ3) is 6.78. The predicted octanol–water partition coefficient (Wildman–Crippen LogP) is 3.63. The van der Waals surface area contributed by atoms with Crippen LogP contribution in [0.5, 0.6) is 0 Å². The summed E-state index contributed by atoms with van der Waals surface area (Å²) in [6, 6.07) is 5.14. The average molecular weight is 411 g/mol. The lowest BCUT2D eigenvalue weighted by atomic mass is 10.2. The molecule has 0 aromatic heterocycles. The van der Waals surface area contributed by atoms with Crippen molar-refractivity contribution in [3.05, 3.63) is 29.6 Å². The van der Waals surface area contributed by atoms with Crippen LogP contribution in [0.3, 0.4) is 0 Å². The standard InChI is InChI=1S/C14H22FN3S.HI/c1-5-16-14(18-10(2)3)17-9-11-8-12(15)6-7-13(11)19-4;/h6-8,10H,5,9H2,1-4H3,(H2,16,17,18);1H. The second-order valence-electron chi connectivity index (χ2n) is 4.45. The lowest BCUT2D eigenvalue weighted by Gasteiger charge is -2.14. The molecule has 0 aliphatic rings. The Morgan fingerprint density at radius 1 is 1.40 bits per heavy atom. The molecule has 6 heteroatoms. The Bertz CT molecular complexity index is 438. The van der Waals surface area contributed by atoms with Gasteiger partial charge in [0.2, 0.25) is 0 Å². The van der Waals surface area contributed by atoms with E-state index in [0.29, 0.717) is 12.6 Å². The molecule has 1 aromatic carbocycles. The van der Waals surface area contributed by atoms with Crippen LogP contribution in [0.25, 0.3) is 0 Å². The molecule has 0 fully saturated rings. The zero-order chi connectivity index (χ0) is 14.3. The van der Waals surface area contributed by atoms with Crippen LogP contribution in [0.2, 0.25) is 0 Å². The van der Waals surface area contributed by atoms with E-state index in [1.165, 1.54) is 6.07 Å². The van der Waals surface area contributed by atoms with Gasteiger partial charge >= 0.3 is 0 Å². The maximum atomic E-state index is 13.3. The number of nitrogens with zero attached hydrogens (tertiary/aromatic N) is 1. The number of aliphatic imine (C=N–C) groups is 1. The van der Waals surface area contributed by atoms with E-state index >= 15 is 0 Å².